The second-order valence-corrected chi connectivity index (χ2v) is 9.21. The number of H-pyrrole nitrogens is 1. The topological polar surface area (TPSA) is 97.4 Å². The highest BCUT2D eigenvalue weighted by molar-refractivity contribution is 7.18. The van der Waals surface area contributed by atoms with Gasteiger partial charge in [-0.25, -0.2) is 14.8 Å². The summed E-state index contributed by atoms with van der Waals surface area (Å²) in [6, 6.07) is 12.1. The van der Waals surface area contributed by atoms with Gasteiger partial charge >= 0.3 is 12.5 Å². The van der Waals surface area contributed by atoms with Gasteiger partial charge in [0.15, 0.2) is 10.3 Å². The normalized spacial score (nSPS) is 15.9. The number of para-hydroxylation sites is 1. The molecule has 0 radical (unpaired) electrons. The summed E-state index contributed by atoms with van der Waals surface area (Å²) in [6.07, 6.45) is -4.09. The number of rotatable bonds is 4. The van der Waals surface area contributed by atoms with E-state index >= 15 is 0 Å². The molecule has 8 nitrogen and oxygen atoms in total. The van der Waals surface area contributed by atoms with Gasteiger partial charge in [0.2, 0.25) is 0 Å². The molecule has 1 amide bonds. The summed E-state index contributed by atoms with van der Waals surface area (Å²) in [4.78, 5) is 38.7. The first-order valence-corrected chi connectivity index (χ1v) is 11.8. The molecule has 5 rings (SSSR count). The molecule has 12 heteroatoms. The molecule has 186 valence electrons. The standard InChI is InChI=1S/C24H19F3N4O4S/c1-13-6-4-7-14(12-13)34-23(33)31-11-5-9-16(31)21-28-18-20(32)29-19(30-22(18)36-21)15-8-2-3-10-17(15)35-24(25,26)27/h2-4,6-8,10,12,16H,5,9,11H2,1H3,(H,29,30,32)/t16-/m1/s1. The molecule has 0 aliphatic carbocycles. The average molecular weight is 517 g/mol. The minimum absolute atomic E-state index is 0.0204. The maximum absolute atomic E-state index is 12.9. The number of carbonyl (C=O) groups is 1. The molecular weight excluding hydrogens is 497 g/mol. The van der Waals surface area contributed by atoms with Crippen molar-refractivity contribution in [3.63, 3.8) is 0 Å². The molecule has 1 saturated heterocycles. The number of hydrogen-bond acceptors (Lipinski definition) is 7. The van der Waals surface area contributed by atoms with Gasteiger partial charge in [0.05, 0.1) is 11.6 Å². The van der Waals surface area contributed by atoms with Gasteiger partial charge in [-0.2, -0.15) is 0 Å². The van der Waals surface area contributed by atoms with Gasteiger partial charge in [-0.05, 0) is 49.6 Å². The zero-order valence-corrected chi connectivity index (χ0v) is 19.7. The van der Waals surface area contributed by atoms with E-state index in [0.717, 1.165) is 29.4 Å². The largest absolute Gasteiger partial charge is 0.573 e. The van der Waals surface area contributed by atoms with Gasteiger partial charge in [-0.15, -0.1) is 13.2 Å². The Bertz CT molecular complexity index is 1500. The van der Waals surface area contributed by atoms with Crippen LogP contribution in [0.3, 0.4) is 0 Å². The second-order valence-electron chi connectivity index (χ2n) is 8.20. The summed E-state index contributed by atoms with van der Waals surface area (Å²) in [5, 5.41) is 0.499. The molecule has 1 aliphatic heterocycles. The summed E-state index contributed by atoms with van der Waals surface area (Å²) >= 11 is 1.11. The van der Waals surface area contributed by atoms with Crippen LogP contribution in [0.2, 0.25) is 0 Å². The third kappa shape index (κ3) is 4.89. The monoisotopic (exact) mass is 516 g/mol. The lowest BCUT2D eigenvalue weighted by atomic mass is 10.2. The fourth-order valence-corrected chi connectivity index (χ4v) is 5.16. The van der Waals surface area contributed by atoms with Crippen molar-refractivity contribution in [2.24, 2.45) is 0 Å². The van der Waals surface area contributed by atoms with Crippen LogP contribution in [0.25, 0.3) is 21.7 Å². The second kappa shape index (κ2) is 9.26. The predicted molar refractivity (Wildman–Crippen MR) is 126 cm³/mol. The average Bonchev–Trinajstić information content (AvgIpc) is 3.46. The van der Waals surface area contributed by atoms with E-state index in [4.69, 9.17) is 4.74 Å². The third-order valence-corrected chi connectivity index (χ3v) is 6.67. The van der Waals surface area contributed by atoms with Gasteiger partial charge in [0.25, 0.3) is 5.56 Å². The number of nitrogens with one attached hydrogen (secondary N) is 1. The van der Waals surface area contributed by atoms with Crippen molar-refractivity contribution in [2.45, 2.75) is 32.2 Å². The number of amides is 1. The van der Waals surface area contributed by atoms with Crippen molar-refractivity contribution in [1.82, 2.24) is 19.9 Å². The summed E-state index contributed by atoms with van der Waals surface area (Å²) in [7, 11) is 0. The van der Waals surface area contributed by atoms with E-state index in [-0.39, 0.29) is 21.7 Å². The number of fused-ring (bicyclic) bond motifs is 1. The van der Waals surface area contributed by atoms with Crippen LogP contribution < -0.4 is 15.0 Å². The molecule has 0 bridgehead atoms. The maximum atomic E-state index is 12.9. The molecule has 1 aliphatic rings. The molecule has 4 aromatic rings. The van der Waals surface area contributed by atoms with Crippen LogP contribution >= 0.6 is 11.3 Å². The molecule has 2 aromatic carbocycles. The first kappa shape index (κ1) is 23.8. The van der Waals surface area contributed by atoms with Gasteiger partial charge in [-0.1, -0.05) is 35.6 Å². The highest BCUT2D eigenvalue weighted by atomic mass is 32.1. The highest BCUT2D eigenvalue weighted by Crippen LogP contribution is 2.37. The number of ether oxygens (including phenoxy) is 2. The number of alkyl halides is 3. The SMILES string of the molecule is Cc1cccc(OC(=O)N2CCC[C@@H]2c2nc3c(=O)[nH]c(-c4ccccc4OC(F)(F)F)nc3s2)c1. The molecule has 3 heterocycles. The first-order chi connectivity index (χ1) is 17.2. The fourth-order valence-electron chi connectivity index (χ4n) is 4.07. The summed E-state index contributed by atoms with van der Waals surface area (Å²) < 4.78 is 48.1. The lowest BCUT2D eigenvalue weighted by Crippen LogP contribution is -2.33. The van der Waals surface area contributed by atoms with E-state index in [2.05, 4.69) is 19.7 Å². The van der Waals surface area contributed by atoms with Crippen molar-refractivity contribution < 1.29 is 27.4 Å². The highest BCUT2D eigenvalue weighted by Gasteiger charge is 2.35. The zero-order chi connectivity index (χ0) is 25.4. The number of nitrogens with zero attached hydrogens (tertiary/aromatic N) is 3. The van der Waals surface area contributed by atoms with Crippen LogP contribution in [0.1, 0.15) is 29.5 Å². The predicted octanol–water partition coefficient (Wildman–Crippen LogP) is 5.59. The van der Waals surface area contributed by atoms with Crippen LogP contribution in [-0.2, 0) is 0 Å². The molecule has 1 atom stereocenters. The molecule has 1 fully saturated rings. The van der Waals surface area contributed by atoms with Gasteiger partial charge in [0.1, 0.15) is 22.3 Å². The zero-order valence-electron chi connectivity index (χ0n) is 18.8. The Labute approximate surface area is 206 Å². The van der Waals surface area contributed by atoms with E-state index in [1.807, 2.05) is 13.0 Å². The number of benzene rings is 2. The van der Waals surface area contributed by atoms with Crippen molar-refractivity contribution in [1.29, 1.82) is 0 Å². The van der Waals surface area contributed by atoms with Crippen LogP contribution in [0.5, 0.6) is 11.5 Å². The van der Waals surface area contributed by atoms with Crippen molar-refractivity contribution in [2.75, 3.05) is 6.54 Å². The van der Waals surface area contributed by atoms with Crippen LogP contribution in [-0.4, -0.2) is 38.9 Å². The van der Waals surface area contributed by atoms with Crippen LogP contribution in [0.4, 0.5) is 18.0 Å². The van der Waals surface area contributed by atoms with Crippen molar-refractivity contribution >= 4 is 27.8 Å². The molecular formula is C24H19F3N4O4S. The Morgan fingerprint density at radius 3 is 2.75 bits per heavy atom. The summed E-state index contributed by atoms with van der Waals surface area (Å²) in [6.45, 7) is 2.35. The molecule has 36 heavy (non-hydrogen) atoms. The third-order valence-electron chi connectivity index (χ3n) is 5.62. The summed E-state index contributed by atoms with van der Waals surface area (Å²) in [5.41, 5.74) is 0.374. The lowest BCUT2D eigenvalue weighted by Gasteiger charge is -2.22. The fraction of sp³-hybridized carbons (Fsp3) is 0.250. The van der Waals surface area contributed by atoms with E-state index in [1.165, 1.54) is 18.2 Å². The van der Waals surface area contributed by atoms with E-state index in [9.17, 15) is 22.8 Å². The lowest BCUT2D eigenvalue weighted by molar-refractivity contribution is -0.274. The Hall–Kier alpha value is -3.93. The number of likely N-dealkylation sites (tertiary alicyclic amines) is 1. The Kier molecular flexibility index (Phi) is 6.12. The maximum Gasteiger partial charge on any atom is 0.573 e. The number of carbonyl (C=O) groups excluding carboxylic acids is 1. The Morgan fingerprint density at radius 1 is 1.17 bits per heavy atom. The number of halogens is 3. The number of hydrogen-bond donors (Lipinski definition) is 1. The van der Waals surface area contributed by atoms with Crippen molar-refractivity contribution in [3.8, 4) is 22.9 Å². The number of aryl methyl sites for hydroxylation is 1. The number of aromatic nitrogens is 3. The van der Waals surface area contributed by atoms with E-state index in [0.29, 0.717) is 23.7 Å². The minimum atomic E-state index is -4.91. The molecule has 2 aromatic heterocycles. The molecule has 0 saturated carbocycles. The Balaban J connectivity index is 1.46. The molecule has 0 spiro atoms. The van der Waals surface area contributed by atoms with Gasteiger partial charge < -0.3 is 14.5 Å². The van der Waals surface area contributed by atoms with Gasteiger partial charge in [-0.3, -0.25) is 9.69 Å². The minimum Gasteiger partial charge on any atom is -0.410 e. The molecule has 0 unspecified atom stereocenters. The quantitative estimate of drug-likeness (QED) is 0.380. The smallest absolute Gasteiger partial charge is 0.410 e. The Morgan fingerprint density at radius 2 is 1.97 bits per heavy atom. The van der Waals surface area contributed by atoms with E-state index < -0.39 is 29.8 Å². The van der Waals surface area contributed by atoms with Crippen LogP contribution in [0, 0.1) is 6.92 Å². The summed E-state index contributed by atoms with van der Waals surface area (Å²) in [5.74, 6) is -0.139. The van der Waals surface area contributed by atoms with Crippen molar-refractivity contribution in [3.05, 3.63) is 69.5 Å². The first-order valence-electron chi connectivity index (χ1n) is 11.0. The number of thiazole rings is 1. The van der Waals surface area contributed by atoms with Crippen LogP contribution in [0.15, 0.2) is 53.3 Å². The van der Waals surface area contributed by atoms with E-state index in [1.54, 1.807) is 23.1 Å². The molecule has 1 N–H and O–H groups in total. The van der Waals surface area contributed by atoms with Gasteiger partial charge in [0, 0.05) is 6.54 Å². The number of aromatic amines is 1.